The van der Waals surface area contributed by atoms with E-state index >= 15 is 0 Å². The molecule has 0 aliphatic carbocycles. The molecule has 2 aromatic carbocycles. The lowest BCUT2D eigenvalue weighted by molar-refractivity contribution is 0.281. The molecule has 2 rings (SSSR count). The van der Waals surface area contributed by atoms with Gasteiger partial charge in [0.15, 0.2) is 5.96 Å². The Hall–Kier alpha value is -2.89. The number of nitrogens with one attached hydrogen (secondary N) is 1. The van der Waals surface area contributed by atoms with Gasteiger partial charge >= 0.3 is 0 Å². The summed E-state index contributed by atoms with van der Waals surface area (Å²) in [6, 6.07) is 15.6. The summed E-state index contributed by atoms with van der Waals surface area (Å²) in [5.74, 6) is 3.38. The van der Waals surface area contributed by atoms with Crippen molar-refractivity contribution in [1.82, 2.24) is 10.2 Å². The van der Waals surface area contributed by atoms with Crippen molar-refractivity contribution in [3.05, 3.63) is 54.1 Å². The Bertz CT molecular complexity index is 720. The second-order valence-electron chi connectivity index (χ2n) is 5.98. The fraction of sp³-hybridized carbons (Fsp3) is 0.381. The third kappa shape index (κ3) is 6.40. The van der Waals surface area contributed by atoms with Gasteiger partial charge < -0.3 is 24.4 Å². The van der Waals surface area contributed by atoms with E-state index in [4.69, 9.17) is 14.2 Å². The van der Waals surface area contributed by atoms with Crippen molar-refractivity contribution in [3.8, 4) is 17.2 Å². The molecule has 0 radical (unpaired) electrons. The molecule has 0 atom stereocenters. The van der Waals surface area contributed by atoms with Crippen LogP contribution in [0.2, 0.25) is 0 Å². The summed E-state index contributed by atoms with van der Waals surface area (Å²) in [4.78, 5) is 6.39. The minimum atomic E-state index is 0.588. The summed E-state index contributed by atoms with van der Waals surface area (Å²) in [5.41, 5.74) is 1.09. The fourth-order valence-corrected chi connectivity index (χ4v) is 2.69. The number of ether oxygens (including phenoxy) is 3. The minimum Gasteiger partial charge on any atom is -0.497 e. The van der Waals surface area contributed by atoms with Gasteiger partial charge in [-0.1, -0.05) is 18.2 Å². The second-order valence-corrected chi connectivity index (χ2v) is 5.98. The van der Waals surface area contributed by atoms with Crippen molar-refractivity contribution in [1.29, 1.82) is 0 Å². The highest BCUT2D eigenvalue weighted by Gasteiger charge is 2.08. The van der Waals surface area contributed by atoms with E-state index in [-0.39, 0.29) is 0 Å². The molecule has 0 aliphatic rings. The molecule has 27 heavy (non-hydrogen) atoms. The monoisotopic (exact) mass is 371 g/mol. The van der Waals surface area contributed by atoms with Gasteiger partial charge in [-0.25, -0.2) is 0 Å². The van der Waals surface area contributed by atoms with Gasteiger partial charge in [0.1, 0.15) is 23.9 Å². The van der Waals surface area contributed by atoms with E-state index in [9.17, 15) is 0 Å². The highest BCUT2D eigenvalue weighted by atomic mass is 16.5. The van der Waals surface area contributed by atoms with Crippen LogP contribution in [-0.4, -0.2) is 58.9 Å². The molecule has 0 saturated carbocycles. The van der Waals surface area contributed by atoms with E-state index in [1.807, 2.05) is 60.5 Å². The van der Waals surface area contributed by atoms with Gasteiger partial charge in [0.25, 0.3) is 0 Å². The standard InChI is InChI=1S/C21H29N3O3/c1-22-21(24(2)14-15-27-18-8-6-5-7-9-18)23-13-12-17-16-19(25-3)10-11-20(17)26-4/h5-11,16H,12-15H2,1-4H3,(H,22,23). The van der Waals surface area contributed by atoms with Crippen molar-refractivity contribution in [3.63, 3.8) is 0 Å². The average molecular weight is 371 g/mol. The van der Waals surface area contributed by atoms with Crippen LogP contribution in [0.1, 0.15) is 5.56 Å². The molecule has 0 spiro atoms. The lowest BCUT2D eigenvalue weighted by Crippen LogP contribution is -2.41. The summed E-state index contributed by atoms with van der Waals surface area (Å²) >= 11 is 0. The largest absolute Gasteiger partial charge is 0.497 e. The molecule has 0 aliphatic heterocycles. The molecule has 0 aromatic heterocycles. The molecule has 0 bridgehead atoms. The topological polar surface area (TPSA) is 55.3 Å². The van der Waals surface area contributed by atoms with Crippen LogP contribution >= 0.6 is 0 Å². The lowest BCUT2D eigenvalue weighted by atomic mass is 10.1. The van der Waals surface area contributed by atoms with E-state index < -0.39 is 0 Å². The van der Waals surface area contributed by atoms with Crippen LogP contribution in [0.25, 0.3) is 0 Å². The summed E-state index contributed by atoms with van der Waals surface area (Å²) in [6.45, 7) is 2.06. The van der Waals surface area contributed by atoms with E-state index in [0.717, 1.165) is 48.3 Å². The van der Waals surface area contributed by atoms with Crippen LogP contribution in [0, 0.1) is 0 Å². The zero-order valence-corrected chi connectivity index (χ0v) is 16.6. The van der Waals surface area contributed by atoms with E-state index in [2.05, 4.69) is 10.3 Å². The summed E-state index contributed by atoms with van der Waals surface area (Å²) < 4.78 is 16.5. The first-order valence-corrected chi connectivity index (χ1v) is 8.98. The van der Waals surface area contributed by atoms with Gasteiger partial charge in [0.2, 0.25) is 0 Å². The molecule has 1 N–H and O–H groups in total. The van der Waals surface area contributed by atoms with Crippen LogP contribution in [-0.2, 0) is 6.42 Å². The van der Waals surface area contributed by atoms with Crippen LogP contribution in [0.15, 0.2) is 53.5 Å². The molecule has 0 saturated heterocycles. The normalized spacial score (nSPS) is 11.0. The van der Waals surface area contributed by atoms with Crippen molar-refractivity contribution >= 4 is 5.96 Å². The molecule has 0 fully saturated rings. The number of nitrogens with zero attached hydrogens (tertiary/aromatic N) is 2. The highest BCUT2D eigenvalue weighted by molar-refractivity contribution is 5.79. The first-order chi connectivity index (χ1) is 13.2. The number of hydrogen-bond donors (Lipinski definition) is 1. The summed E-state index contributed by atoms with van der Waals surface area (Å²) in [7, 11) is 7.12. The first kappa shape index (κ1) is 20.4. The summed E-state index contributed by atoms with van der Waals surface area (Å²) in [5, 5.41) is 3.38. The predicted molar refractivity (Wildman–Crippen MR) is 109 cm³/mol. The quantitative estimate of drug-likeness (QED) is 0.543. The molecule has 146 valence electrons. The summed E-state index contributed by atoms with van der Waals surface area (Å²) in [6.07, 6.45) is 0.799. The number of benzene rings is 2. The predicted octanol–water partition coefficient (Wildman–Crippen LogP) is 2.83. The molecule has 0 heterocycles. The zero-order chi connectivity index (χ0) is 19.5. The van der Waals surface area contributed by atoms with Crippen LogP contribution in [0.3, 0.4) is 0 Å². The zero-order valence-electron chi connectivity index (χ0n) is 16.6. The Balaban J connectivity index is 1.81. The van der Waals surface area contributed by atoms with Gasteiger partial charge in [-0.15, -0.1) is 0 Å². The van der Waals surface area contributed by atoms with Crippen molar-refractivity contribution in [2.75, 3.05) is 48.0 Å². The van der Waals surface area contributed by atoms with Crippen LogP contribution in [0.4, 0.5) is 0 Å². The molecular formula is C21H29N3O3. The smallest absolute Gasteiger partial charge is 0.193 e. The van der Waals surface area contributed by atoms with Crippen molar-refractivity contribution in [2.24, 2.45) is 4.99 Å². The maximum atomic E-state index is 5.75. The van der Waals surface area contributed by atoms with Gasteiger partial charge in [0, 0.05) is 20.6 Å². The Morgan fingerprint density at radius 3 is 2.48 bits per heavy atom. The van der Waals surface area contributed by atoms with E-state index in [1.54, 1.807) is 21.3 Å². The molecule has 6 heteroatoms. The molecule has 6 nitrogen and oxygen atoms in total. The van der Waals surface area contributed by atoms with Gasteiger partial charge in [-0.3, -0.25) is 4.99 Å². The number of methoxy groups -OCH3 is 2. The molecule has 0 unspecified atom stereocenters. The van der Waals surface area contributed by atoms with Crippen molar-refractivity contribution < 1.29 is 14.2 Å². The van der Waals surface area contributed by atoms with E-state index in [1.165, 1.54) is 0 Å². The average Bonchev–Trinajstić information content (AvgIpc) is 2.71. The van der Waals surface area contributed by atoms with Crippen LogP contribution in [0.5, 0.6) is 17.2 Å². The number of rotatable bonds is 9. The molecular weight excluding hydrogens is 342 g/mol. The number of likely N-dealkylation sites (N-methyl/N-ethyl adjacent to an activating group) is 1. The maximum absolute atomic E-state index is 5.75. The third-order valence-electron chi connectivity index (χ3n) is 4.18. The lowest BCUT2D eigenvalue weighted by Gasteiger charge is -2.22. The number of aliphatic imine (C=N–C) groups is 1. The van der Waals surface area contributed by atoms with E-state index in [0.29, 0.717) is 6.61 Å². The van der Waals surface area contributed by atoms with Gasteiger partial charge in [-0.2, -0.15) is 0 Å². The minimum absolute atomic E-state index is 0.588. The Morgan fingerprint density at radius 1 is 1.04 bits per heavy atom. The maximum Gasteiger partial charge on any atom is 0.193 e. The SMILES string of the molecule is CN=C(NCCc1cc(OC)ccc1OC)N(C)CCOc1ccccc1. The first-order valence-electron chi connectivity index (χ1n) is 8.98. The third-order valence-corrected chi connectivity index (χ3v) is 4.18. The van der Waals surface area contributed by atoms with Crippen LogP contribution < -0.4 is 19.5 Å². The Morgan fingerprint density at radius 2 is 1.81 bits per heavy atom. The highest BCUT2D eigenvalue weighted by Crippen LogP contribution is 2.24. The fourth-order valence-electron chi connectivity index (χ4n) is 2.69. The number of hydrogen-bond acceptors (Lipinski definition) is 4. The number of para-hydroxylation sites is 1. The Kier molecular flexibility index (Phi) is 8.29. The van der Waals surface area contributed by atoms with Gasteiger partial charge in [0.05, 0.1) is 20.8 Å². The molecule has 2 aromatic rings. The van der Waals surface area contributed by atoms with Gasteiger partial charge in [-0.05, 0) is 42.3 Å². The second kappa shape index (κ2) is 11.0. The Labute approximate surface area is 161 Å². The molecule has 0 amide bonds. The van der Waals surface area contributed by atoms with Crippen molar-refractivity contribution in [2.45, 2.75) is 6.42 Å². The number of guanidine groups is 1.